The molecule has 0 aromatic heterocycles. The SMILES string of the molecule is CCCC1CCC(c2ccc(OC(=O)C3CCC(C(F)(F)C(F)(F)F)CC3)cc2)CC1. The lowest BCUT2D eigenvalue weighted by Crippen LogP contribution is -2.45. The van der Waals surface area contributed by atoms with E-state index >= 15 is 0 Å². The van der Waals surface area contributed by atoms with Crippen LogP contribution in [0.2, 0.25) is 0 Å². The third-order valence-corrected chi connectivity index (χ3v) is 7.06. The second kappa shape index (κ2) is 9.86. The van der Waals surface area contributed by atoms with E-state index in [1.165, 1.54) is 31.2 Å². The zero-order valence-electron chi connectivity index (χ0n) is 17.9. The molecular formula is C24H31F5O2. The Morgan fingerprint density at radius 2 is 1.48 bits per heavy atom. The highest BCUT2D eigenvalue weighted by molar-refractivity contribution is 5.75. The van der Waals surface area contributed by atoms with Gasteiger partial charge in [0.05, 0.1) is 5.92 Å². The molecule has 2 nitrogen and oxygen atoms in total. The van der Waals surface area contributed by atoms with Gasteiger partial charge in [-0.3, -0.25) is 4.79 Å². The van der Waals surface area contributed by atoms with E-state index in [1.54, 1.807) is 12.1 Å². The summed E-state index contributed by atoms with van der Waals surface area (Å²) in [5, 5.41) is 0. The molecule has 0 bridgehead atoms. The van der Waals surface area contributed by atoms with E-state index in [0.29, 0.717) is 11.7 Å². The van der Waals surface area contributed by atoms with E-state index in [0.717, 1.165) is 18.8 Å². The van der Waals surface area contributed by atoms with Crippen LogP contribution >= 0.6 is 0 Å². The standard InChI is InChI=1S/C24H31F5O2/c1-2-3-16-4-6-17(7-5-16)18-10-14-21(15-11-18)31-22(30)19-8-12-20(13-9-19)23(25,26)24(27,28)29/h10-11,14-17,19-20H,2-9,12-13H2,1H3. The topological polar surface area (TPSA) is 26.3 Å². The third-order valence-electron chi connectivity index (χ3n) is 7.06. The molecule has 3 rings (SSSR count). The number of ether oxygens (including phenoxy) is 1. The number of esters is 1. The number of rotatable bonds is 6. The molecule has 0 saturated heterocycles. The summed E-state index contributed by atoms with van der Waals surface area (Å²) >= 11 is 0. The number of carbonyl (C=O) groups excluding carboxylic acids is 1. The Morgan fingerprint density at radius 1 is 0.903 bits per heavy atom. The fourth-order valence-corrected chi connectivity index (χ4v) is 5.12. The number of halogens is 5. The molecule has 0 atom stereocenters. The van der Waals surface area contributed by atoms with Gasteiger partial charge in [0, 0.05) is 5.92 Å². The van der Waals surface area contributed by atoms with Gasteiger partial charge in [-0.2, -0.15) is 22.0 Å². The molecule has 31 heavy (non-hydrogen) atoms. The van der Waals surface area contributed by atoms with E-state index in [9.17, 15) is 26.7 Å². The summed E-state index contributed by atoms with van der Waals surface area (Å²) in [6.07, 6.45) is 1.04. The lowest BCUT2D eigenvalue weighted by Gasteiger charge is -2.33. The maximum atomic E-state index is 13.5. The van der Waals surface area contributed by atoms with Crippen molar-refractivity contribution in [2.75, 3.05) is 0 Å². The van der Waals surface area contributed by atoms with Crippen LogP contribution in [0, 0.1) is 17.8 Å². The highest BCUT2D eigenvalue weighted by Gasteiger charge is 2.62. The number of hydrogen-bond acceptors (Lipinski definition) is 2. The quantitative estimate of drug-likeness (QED) is 0.255. The van der Waals surface area contributed by atoms with Crippen LogP contribution in [-0.4, -0.2) is 18.1 Å². The van der Waals surface area contributed by atoms with Crippen molar-refractivity contribution in [1.29, 1.82) is 0 Å². The van der Waals surface area contributed by atoms with E-state index in [4.69, 9.17) is 4.74 Å². The summed E-state index contributed by atoms with van der Waals surface area (Å²) in [4.78, 5) is 12.4. The number of carbonyl (C=O) groups is 1. The van der Waals surface area contributed by atoms with Crippen molar-refractivity contribution in [2.24, 2.45) is 17.8 Å². The van der Waals surface area contributed by atoms with Crippen LogP contribution < -0.4 is 4.74 Å². The van der Waals surface area contributed by atoms with Crippen molar-refractivity contribution in [2.45, 2.75) is 89.1 Å². The molecule has 1 aromatic rings. The van der Waals surface area contributed by atoms with Crippen LogP contribution in [0.25, 0.3) is 0 Å². The van der Waals surface area contributed by atoms with Crippen LogP contribution in [0.4, 0.5) is 22.0 Å². The van der Waals surface area contributed by atoms with Crippen LogP contribution in [0.3, 0.4) is 0 Å². The molecule has 7 heteroatoms. The molecule has 0 unspecified atom stereocenters. The van der Waals surface area contributed by atoms with E-state index < -0.39 is 29.9 Å². The van der Waals surface area contributed by atoms with Gasteiger partial charge in [0.15, 0.2) is 0 Å². The zero-order chi connectivity index (χ0) is 22.6. The number of alkyl halides is 5. The molecule has 174 valence electrons. The summed E-state index contributed by atoms with van der Waals surface area (Å²) in [5.74, 6) is -5.96. The summed E-state index contributed by atoms with van der Waals surface area (Å²) in [6.45, 7) is 2.22. The first-order valence-electron chi connectivity index (χ1n) is 11.4. The minimum Gasteiger partial charge on any atom is -0.426 e. The summed E-state index contributed by atoms with van der Waals surface area (Å²) in [7, 11) is 0. The first-order chi connectivity index (χ1) is 14.6. The molecule has 2 aliphatic rings. The van der Waals surface area contributed by atoms with Gasteiger partial charge < -0.3 is 4.74 Å². The Labute approximate surface area is 180 Å². The Kier molecular flexibility index (Phi) is 7.63. The summed E-state index contributed by atoms with van der Waals surface area (Å²) in [5.41, 5.74) is 1.23. The Morgan fingerprint density at radius 3 is 2.00 bits per heavy atom. The van der Waals surface area contributed by atoms with Gasteiger partial charge in [-0.15, -0.1) is 0 Å². The summed E-state index contributed by atoms with van der Waals surface area (Å²) < 4.78 is 70.0. The van der Waals surface area contributed by atoms with Crippen molar-refractivity contribution in [1.82, 2.24) is 0 Å². The predicted octanol–water partition coefficient (Wildman–Crippen LogP) is 7.67. The van der Waals surface area contributed by atoms with Gasteiger partial charge in [0.25, 0.3) is 0 Å². The Bertz CT molecular complexity index is 712. The maximum absolute atomic E-state index is 13.5. The molecule has 0 spiro atoms. The Balaban J connectivity index is 1.48. The fraction of sp³-hybridized carbons (Fsp3) is 0.708. The molecule has 0 radical (unpaired) electrons. The molecule has 0 amide bonds. The van der Waals surface area contributed by atoms with Gasteiger partial charge in [0.1, 0.15) is 5.75 Å². The van der Waals surface area contributed by atoms with Gasteiger partial charge in [-0.25, -0.2) is 0 Å². The van der Waals surface area contributed by atoms with Crippen molar-refractivity contribution >= 4 is 5.97 Å². The van der Waals surface area contributed by atoms with Crippen molar-refractivity contribution in [3.63, 3.8) is 0 Å². The first-order valence-corrected chi connectivity index (χ1v) is 11.4. The predicted molar refractivity (Wildman–Crippen MR) is 108 cm³/mol. The fourth-order valence-electron chi connectivity index (χ4n) is 5.12. The first kappa shape index (κ1) is 24.0. The van der Waals surface area contributed by atoms with Crippen molar-refractivity contribution in [3.8, 4) is 5.75 Å². The van der Waals surface area contributed by atoms with Crippen LogP contribution in [0.5, 0.6) is 5.75 Å². The third kappa shape index (κ3) is 5.78. The normalized spacial score (nSPS) is 27.7. The average Bonchev–Trinajstić information content (AvgIpc) is 2.74. The van der Waals surface area contributed by atoms with Crippen LogP contribution in [-0.2, 0) is 4.79 Å². The monoisotopic (exact) mass is 446 g/mol. The molecule has 2 aliphatic carbocycles. The minimum atomic E-state index is -5.55. The maximum Gasteiger partial charge on any atom is 0.453 e. The molecule has 2 fully saturated rings. The molecule has 0 aliphatic heterocycles. The lowest BCUT2D eigenvalue weighted by molar-refractivity contribution is -0.306. The van der Waals surface area contributed by atoms with Gasteiger partial charge in [-0.1, -0.05) is 31.9 Å². The van der Waals surface area contributed by atoms with E-state index in [2.05, 4.69) is 6.92 Å². The highest BCUT2D eigenvalue weighted by Crippen LogP contribution is 2.47. The molecule has 1 aromatic carbocycles. The largest absolute Gasteiger partial charge is 0.453 e. The van der Waals surface area contributed by atoms with E-state index in [-0.39, 0.29) is 25.7 Å². The average molecular weight is 447 g/mol. The molecule has 0 N–H and O–H groups in total. The van der Waals surface area contributed by atoms with Gasteiger partial charge >= 0.3 is 18.1 Å². The lowest BCUT2D eigenvalue weighted by atomic mass is 9.77. The van der Waals surface area contributed by atoms with Gasteiger partial charge in [-0.05, 0) is 80.9 Å². The van der Waals surface area contributed by atoms with Crippen molar-refractivity contribution in [3.05, 3.63) is 29.8 Å². The molecule has 0 heterocycles. The molecular weight excluding hydrogens is 415 g/mol. The smallest absolute Gasteiger partial charge is 0.426 e. The van der Waals surface area contributed by atoms with Crippen LogP contribution in [0.1, 0.15) is 82.6 Å². The Hall–Kier alpha value is -1.66. The molecule has 2 saturated carbocycles. The minimum absolute atomic E-state index is 0.0196. The zero-order valence-corrected chi connectivity index (χ0v) is 17.9. The number of hydrogen-bond donors (Lipinski definition) is 0. The highest BCUT2D eigenvalue weighted by atomic mass is 19.4. The van der Waals surface area contributed by atoms with Gasteiger partial charge in [0.2, 0.25) is 0 Å². The number of benzene rings is 1. The van der Waals surface area contributed by atoms with Crippen LogP contribution in [0.15, 0.2) is 24.3 Å². The van der Waals surface area contributed by atoms with Crippen molar-refractivity contribution < 1.29 is 31.5 Å². The van der Waals surface area contributed by atoms with E-state index in [1.807, 2.05) is 12.1 Å². The second-order valence-electron chi connectivity index (χ2n) is 9.17. The second-order valence-corrected chi connectivity index (χ2v) is 9.17. The summed E-state index contributed by atoms with van der Waals surface area (Å²) in [6, 6.07) is 7.42.